The number of aliphatic carboxylic acids is 1. The van der Waals surface area contributed by atoms with Gasteiger partial charge in [-0.2, -0.15) is 0 Å². The van der Waals surface area contributed by atoms with Gasteiger partial charge < -0.3 is 10.1 Å². The Labute approximate surface area is 107 Å². The highest BCUT2D eigenvalue weighted by atomic mass is 79.9. The molecule has 2 N–H and O–H groups in total. The van der Waals surface area contributed by atoms with Crippen LogP contribution in [0.1, 0.15) is 11.4 Å². The van der Waals surface area contributed by atoms with Crippen molar-refractivity contribution in [3.05, 3.63) is 40.3 Å². The molecule has 2 aromatic rings. The maximum atomic E-state index is 10.6. The topological polar surface area (TPSA) is 66.0 Å². The molecule has 0 atom stereocenters. The van der Waals surface area contributed by atoms with Crippen molar-refractivity contribution in [3.8, 4) is 11.3 Å². The first-order valence-electron chi connectivity index (χ1n) is 5.08. The van der Waals surface area contributed by atoms with Crippen LogP contribution in [0, 0.1) is 6.92 Å². The van der Waals surface area contributed by atoms with Crippen molar-refractivity contribution in [1.82, 2.24) is 9.97 Å². The molecule has 4 nitrogen and oxygen atoms in total. The zero-order chi connectivity index (χ0) is 12.4. The van der Waals surface area contributed by atoms with Gasteiger partial charge in [-0.1, -0.05) is 22.0 Å². The third-order valence-electron chi connectivity index (χ3n) is 2.44. The highest BCUT2D eigenvalue weighted by Crippen LogP contribution is 2.25. The molecule has 0 fully saturated rings. The Morgan fingerprint density at radius 2 is 2.29 bits per heavy atom. The number of nitrogens with one attached hydrogen (secondary N) is 1. The number of hydrogen-bond acceptors (Lipinski definition) is 2. The van der Waals surface area contributed by atoms with Gasteiger partial charge in [-0.3, -0.25) is 4.79 Å². The number of aryl methyl sites for hydroxylation is 1. The zero-order valence-electron chi connectivity index (χ0n) is 9.20. The van der Waals surface area contributed by atoms with Crippen molar-refractivity contribution in [2.24, 2.45) is 0 Å². The zero-order valence-corrected chi connectivity index (χ0v) is 10.8. The lowest BCUT2D eigenvalue weighted by Gasteiger charge is -2.03. The molecule has 0 radical (unpaired) electrons. The summed E-state index contributed by atoms with van der Waals surface area (Å²) >= 11 is 3.41. The Balaban J connectivity index is 2.36. The molecule has 0 saturated heterocycles. The number of aromatic nitrogens is 2. The number of nitrogens with zero attached hydrogens (tertiary/aromatic N) is 1. The molecule has 0 aliphatic rings. The van der Waals surface area contributed by atoms with Crippen LogP contribution < -0.4 is 0 Å². The number of carbonyl (C=O) groups is 1. The fourth-order valence-corrected chi connectivity index (χ4v) is 1.98. The SMILES string of the molecule is Cc1ccc(Br)cc1-c1cnc(CC(=O)O)[nH]1. The first-order chi connectivity index (χ1) is 8.06. The molecule has 1 heterocycles. The van der Waals surface area contributed by atoms with Crippen molar-refractivity contribution in [1.29, 1.82) is 0 Å². The van der Waals surface area contributed by atoms with E-state index in [0.717, 1.165) is 21.3 Å². The fraction of sp³-hybridized carbons (Fsp3) is 0.167. The third-order valence-corrected chi connectivity index (χ3v) is 2.93. The van der Waals surface area contributed by atoms with Crippen molar-refractivity contribution in [3.63, 3.8) is 0 Å². The molecule has 0 aliphatic heterocycles. The van der Waals surface area contributed by atoms with Gasteiger partial charge in [-0.25, -0.2) is 4.98 Å². The summed E-state index contributed by atoms with van der Waals surface area (Å²) in [6, 6.07) is 5.94. The summed E-state index contributed by atoms with van der Waals surface area (Å²) in [5, 5.41) is 8.68. The number of hydrogen-bond donors (Lipinski definition) is 2. The molecule has 0 aliphatic carbocycles. The second kappa shape index (κ2) is 4.71. The molecular formula is C12H11BrN2O2. The van der Waals surface area contributed by atoms with Gasteiger partial charge in [-0.05, 0) is 24.6 Å². The molecular weight excluding hydrogens is 284 g/mol. The molecule has 0 amide bonds. The molecule has 0 bridgehead atoms. The number of H-pyrrole nitrogens is 1. The molecule has 5 heteroatoms. The summed E-state index contributed by atoms with van der Waals surface area (Å²) < 4.78 is 0.979. The van der Waals surface area contributed by atoms with Gasteiger partial charge in [0, 0.05) is 10.0 Å². The molecule has 2 rings (SSSR count). The number of aromatic amines is 1. The van der Waals surface area contributed by atoms with E-state index in [1.165, 1.54) is 0 Å². The van der Waals surface area contributed by atoms with Gasteiger partial charge in [0.15, 0.2) is 0 Å². The number of benzene rings is 1. The van der Waals surface area contributed by atoms with Crippen LogP contribution in [0.5, 0.6) is 0 Å². The van der Waals surface area contributed by atoms with E-state index in [2.05, 4.69) is 25.9 Å². The van der Waals surface area contributed by atoms with Crippen LogP contribution >= 0.6 is 15.9 Å². The van der Waals surface area contributed by atoms with E-state index in [1.54, 1.807) is 6.20 Å². The van der Waals surface area contributed by atoms with E-state index >= 15 is 0 Å². The van der Waals surface area contributed by atoms with Crippen LogP contribution in [0.4, 0.5) is 0 Å². The number of halogens is 1. The highest BCUT2D eigenvalue weighted by Gasteiger charge is 2.08. The van der Waals surface area contributed by atoms with E-state index < -0.39 is 5.97 Å². The molecule has 0 spiro atoms. The van der Waals surface area contributed by atoms with Gasteiger partial charge in [0.05, 0.1) is 11.9 Å². The first kappa shape index (κ1) is 11.9. The lowest BCUT2D eigenvalue weighted by Crippen LogP contribution is -2.01. The minimum Gasteiger partial charge on any atom is -0.481 e. The summed E-state index contributed by atoms with van der Waals surface area (Å²) in [4.78, 5) is 17.6. The predicted octanol–water partition coefficient (Wildman–Crippen LogP) is 2.77. The molecule has 17 heavy (non-hydrogen) atoms. The van der Waals surface area contributed by atoms with E-state index in [9.17, 15) is 4.79 Å². The highest BCUT2D eigenvalue weighted by molar-refractivity contribution is 9.10. The van der Waals surface area contributed by atoms with Crippen LogP contribution in [0.15, 0.2) is 28.9 Å². The normalized spacial score (nSPS) is 10.5. The maximum Gasteiger partial charge on any atom is 0.311 e. The Kier molecular flexibility index (Phi) is 3.28. The van der Waals surface area contributed by atoms with Crippen molar-refractivity contribution >= 4 is 21.9 Å². The van der Waals surface area contributed by atoms with Crippen LogP contribution in [0.3, 0.4) is 0 Å². The summed E-state index contributed by atoms with van der Waals surface area (Å²) in [7, 11) is 0. The average Bonchev–Trinajstić information content (AvgIpc) is 2.69. The molecule has 1 aromatic heterocycles. The predicted molar refractivity (Wildman–Crippen MR) is 67.8 cm³/mol. The molecule has 1 aromatic carbocycles. The minimum absolute atomic E-state index is 0.0902. The first-order valence-corrected chi connectivity index (χ1v) is 5.88. The molecule has 0 unspecified atom stereocenters. The molecule has 88 valence electrons. The van der Waals surface area contributed by atoms with Gasteiger partial charge in [0.1, 0.15) is 12.2 Å². The van der Waals surface area contributed by atoms with Crippen LogP contribution in [0.25, 0.3) is 11.3 Å². The molecule has 0 saturated carbocycles. The summed E-state index contributed by atoms with van der Waals surface area (Å²) in [6.45, 7) is 2.00. The second-order valence-electron chi connectivity index (χ2n) is 3.77. The summed E-state index contributed by atoms with van der Waals surface area (Å²) in [6.07, 6.45) is 1.57. The van der Waals surface area contributed by atoms with Gasteiger partial charge >= 0.3 is 5.97 Å². The third kappa shape index (κ3) is 2.74. The van der Waals surface area contributed by atoms with Gasteiger partial charge in [0.2, 0.25) is 0 Å². The fourth-order valence-electron chi connectivity index (χ4n) is 1.62. The monoisotopic (exact) mass is 294 g/mol. The van der Waals surface area contributed by atoms with Crippen LogP contribution in [0.2, 0.25) is 0 Å². The Bertz CT molecular complexity index is 563. The van der Waals surface area contributed by atoms with Crippen LogP contribution in [-0.4, -0.2) is 21.0 Å². The number of carboxylic acids is 1. The quantitative estimate of drug-likeness (QED) is 0.915. The minimum atomic E-state index is -0.892. The van der Waals surface area contributed by atoms with E-state index in [-0.39, 0.29) is 6.42 Å². The Morgan fingerprint density at radius 1 is 1.53 bits per heavy atom. The largest absolute Gasteiger partial charge is 0.481 e. The second-order valence-corrected chi connectivity index (χ2v) is 4.69. The van der Waals surface area contributed by atoms with E-state index in [4.69, 9.17) is 5.11 Å². The number of carboxylic acid groups (broad SMARTS) is 1. The lowest BCUT2D eigenvalue weighted by molar-refractivity contribution is -0.136. The van der Waals surface area contributed by atoms with Crippen molar-refractivity contribution in [2.45, 2.75) is 13.3 Å². The van der Waals surface area contributed by atoms with Crippen LogP contribution in [-0.2, 0) is 11.2 Å². The standard InChI is InChI=1S/C12H11BrN2O2/c1-7-2-3-8(13)4-9(7)10-6-14-11(15-10)5-12(16)17/h2-4,6H,5H2,1H3,(H,14,15)(H,16,17). The lowest BCUT2D eigenvalue weighted by atomic mass is 10.1. The summed E-state index contributed by atoms with van der Waals surface area (Å²) in [5.41, 5.74) is 2.96. The Morgan fingerprint density at radius 3 is 3.00 bits per heavy atom. The van der Waals surface area contributed by atoms with E-state index in [1.807, 2.05) is 25.1 Å². The van der Waals surface area contributed by atoms with Crippen molar-refractivity contribution < 1.29 is 9.90 Å². The Hall–Kier alpha value is -1.62. The van der Waals surface area contributed by atoms with Crippen molar-refractivity contribution in [2.75, 3.05) is 0 Å². The summed E-state index contributed by atoms with van der Waals surface area (Å²) in [5.74, 6) is -0.427. The average molecular weight is 295 g/mol. The van der Waals surface area contributed by atoms with Gasteiger partial charge in [-0.15, -0.1) is 0 Å². The maximum absolute atomic E-state index is 10.6. The number of rotatable bonds is 3. The van der Waals surface area contributed by atoms with E-state index in [0.29, 0.717) is 5.82 Å². The smallest absolute Gasteiger partial charge is 0.311 e. The number of imidazole rings is 1. The van der Waals surface area contributed by atoms with Gasteiger partial charge in [0.25, 0.3) is 0 Å².